The van der Waals surface area contributed by atoms with Crippen LogP contribution in [0.15, 0.2) is 11.5 Å². The molecular weight excluding hydrogens is 337 g/mol. The van der Waals surface area contributed by atoms with Crippen LogP contribution in [0.4, 0.5) is 19.4 Å². The van der Waals surface area contributed by atoms with Gasteiger partial charge in [0.15, 0.2) is 0 Å². The van der Waals surface area contributed by atoms with Crippen molar-refractivity contribution in [3.8, 4) is 0 Å². The van der Waals surface area contributed by atoms with E-state index in [2.05, 4.69) is 12.2 Å². The molecule has 0 rings (SSSR count). The predicted octanol–water partition coefficient (Wildman–Crippen LogP) is 6.84. The summed E-state index contributed by atoms with van der Waals surface area (Å²) in [5.41, 5.74) is 0. The molecule has 0 aromatic rings. The fourth-order valence-corrected chi connectivity index (χ4v) is 2.45. The van der Waals surface area contributed by atoms with Crippen LogP contribution in [0, 0.1) is 0 Å². The maximum absolute atomic E-state index is 12.0. The van der Waals surface area contributed by atoms with Gasteiger partial charge >= 0.3 is 10.2 Å². The highest BCUT2D eigenvalue weighted by molar-refractivity contribution is 8.48. The number of hydrogen-bond acceptors (Lipinski definition) is 1. The molecule has 23 heavy (non-hydrogen) atoms. The molecule has 0 saturated carbocycles. The summed E-state index contributed by atoms with van der Waals surface area (Å²) in [6.07, 6.45) is 10.9. The molecular formula is C15H28F5NOS. The van der Waals surface area contributed by atoms with Gasteiger partial charge in [0.25, 0.3) is 0 Å². The third-order valence-electron chi connectivity index (χ3n) is 3.31. The molecule has 0 heterocycles. The molecule has 0 aliphatic carbocycles. The largest absolute Gasteiger partial charge is 0.353 e. The van der Waals surface area contributed by atoms with Gasteiger partial charge in [0, 0.05) is 12.6 Å². The first-order valence-electron chi connectivity index (χ1n) is 8.14. The van der Waals surface area contributed by atoms with Crippen molar-refractivity contribution in [2.45, 2.75) is 71.1 Å². The molecule has 0 aliphatic rings. The van der Waals surface area contributed by atoms with Gasteiger partial charge in [-0.3, -0.25) is 4.79 Å². The van der Waals surface area contributed by atoms with Gasteiger partial charge in [-0.2, -0.15) is 0 Å². The van der Waals surface area contributed by atoms with Crippen molar-refractivity contribution >= 4 is 16.1 Å². The third-order valence-corrected chi connectivity index (χ3v) is 3.96. The Labute approximate surface area is 135 Å². The molecule has 140 valence electrons. The molecule has 0 aromatic carbocycles. The molecule has 0 bridgehead atoms. The lowest BCUT2D eigenvalue weighted by Crippen LogP contribution is -2.22. The van der Waals surface area contributed by atoms with E-state index in [0.29, 0.717) is 6.42 Å². The molecule has 0 unspecified atom stereocenters. The lowest BCUT2D eigenvalue weighted by Gasteiger charge is -2.36. The van der Waals surface area contributed by atoms with Crippen molar-refractivity contribution in [1.29, 1.82) is 0 Å². The minimum Gasteiger partial charge on any atom is -0.353 e. The van der Waals surface area contributed by atoms with Gasteiger partial charge in [-0.25, -0.2) is 0 Å². The van der Waals surface area contributed by atoms with E-state index in [9.17, 15) is 24.2 Å². The molecule has 1 amide bonds. The van der Waals surface area contributed by atoms with E-state index in [0.717, 1.165) is 19.3 Å². The Morgan fingerprint density at radius 1 is 0.826 bits per heavy atom. The first kappa shape index (κ1) is 22.2. The molecule has 2 nitrogen and oxygen atoms in total. The molecule has 8 heteroatoms. The Morgan fingerprint density at radius 2 is 1.26 bits per heavy atom. The van der Waals surface area contributed by atoms with E-state index in [1.807, 2.05) is 0 Å². The summed E-state index contributed by atoms with van der Waals surface area (Å²) >= 11 is 0. The summed E-state index contributed by atoms with van der Waals surface area (Å²) in [5, 5.41) is 0.960. The van der Waals surface area contributed by atoms with E-state index in [1.165, 1.54) is 38.5 Å². The number of halogens is 5. The van der Waals surface area contributed by atoms with E-state index in [-0.39, 0.29) is 12.6 Å². The SMILES string of the molecule is CCCCCCCCCCCCNC(=O)/C=C/S(F)(F)(F)(F)F. The second-order valence-corrected chi connectivity index (χ2v) is 8.13. The van der Waals surface area contributed by atoms with Crippen LogP contribution in [-0.4, -0.2) is 12.5 Å². The number of nitrogens with one attached hydrogen (secondary N) is 1. The van der Waals surface area contributed by atoms with Gasteiger partial charge in [-0.1, -0.05) is 84.1 Å². The van der Waals surface area contributed by atoms with Gasteiger partial charge in [0.05, 0.1) is 5.41 Å². The molecule has 0 aliphatic heterocycles. The fraction of sp³-hybridized carbons (Fsp3) is 0.800. The first-order chi connectivity index (χ1) is 10.4. The lowest BCUT2D eigenvalue weighted by molar-refractivity contribution is -0.116. The predicted molar refractivity (Wildman–Crippen MR) is 87.1 cm³/mol. The van der Waals surface area contributed by atoms with E-state index in [1.54, 1.807) is 0 Å². The topological polar surface area (TPSA) is 29.1 Å². The smallest absolute Gasteiger partial charge is 0.304 e. The van der Waals surface area contributed by atoms with Crippen molar-refractivity contribution < 1.29 is 24.2 Å². The van der Waals surface area contributed by atoms with Crippen molar-refractivity contribution in [2.24, 2.45) is 0 Å². The monoisotopic (exact) mass is 365 g/mol. The standard InChI is InChI=1S/C15H28F5NOS/c1-2-3-4-5-6-7-8-9-10-11-13-21-15(22)12-14-23(16,17,18,19)20/h12,14H,2-11,13H2,1H3,(H,21,22)/b14-12+. The molecule has 0 saturated heterocycles. The van der Waals surface area contributed by atoms with Crippen molar-refractivity contribution in [3.05, 3.63) is 11.5 Å². The van der Waals surface area contributed by atoms with Gasteiger partial charge < -0.3 is 5.32 Å². The average molecular weight is 365 g/mol. The summed E-state index contributed by atoms with van der Waals surface area (Å²) in [5.74, 6) is -1.14. The second kappa shape index (κ2) is 8.89. The van der Waals surface area contributed by atoms with Gasteiger partial charge in [0.1, 0.15) is 0 Å². The molecule has 0 aromatic heterocycles. The highest BCUT2D eigenvalue weighted by Crippen LogP contribution is 2.98. The Bertz CT molecular complexity index is 380. The van der Waals surface area contributed by atoms with Crippen LogP contribution in [0.2, 0.25) is 0 Å². The van der Waals surface area contributed by atoms with Gasteiger partial charge in [-0.15, -0.1) is 0 Å². The number of carbonyl (C=O) groups is 1. The van der Waals surface area contributed by atoms with Crippen LogP contribution in [-0.2, 0) is 4.79 Å². The van der Waals surface area contributed by atoms with E-state index < -0.39 is 21.5 Å². The fourth-order valence-electron chi connectivity index (χ4n) is 2.07. The average Bonchev–Trinajstić information content (AvgIpc) is 2.40. The zero-order chi connectivity index (χ0) is 17.9. The van der Waals surface area contributed by atoms with E-state index in [4.69, 9.17) is 0 Å². The minimum atomic E-state index is -9.64. The molecule has 0 fully saturated rings. The Hall–Kier alpha value is -0.790. The number of rotatable bonds is 13. The normalized spacial score (nSPS) is 15.4. The quantitative estimate of drug-likeness (QED) is 0.216. The number of amides is 1. The highest BCUT2D eigenvalue weighted by atomic mass is 32.5. The van der Waals surface area contributed by atoms with E-state index >= 15 is 0 Å². The Balaban J connectivity index is 3.56. The van der Waals surface area contributed by atoms with Crippen molar-refractivity contribution in [2.75, 3.05) is 6.54 Å². The lowest BCUT2D eigenvalue weighted by atomic mass is 10.1. The second-order valence-electron chi connectivity index (χ2n) is 5.80. The van der Waals surface area contributed by atoms with Crippen LogP contribution < -0.4 is 5.32 Å². The zero-order valence-electron chi connectivity index (χ0n) is 13.6. The van der Waals surface area contributed by atoms with Crippen LogP contribution in [0.25, 0.3) is 0 Å². The van der Waals surface area contributed by atoms with Gasteiger partial charge in [0.2, 0.25) is 5.91 Å². The number of carbonyl (C=O) groups excluding carboxylic acids is 1. The van der Waals surface area contributed by atoms with Crippen LogP contribution in [0.3, 0.4) is 0 Å². The van der Waals surface area contributed by atoms with Gasteiger partial charge in [-0.05, 0) is 6.42 Å². The minimum absolute atomic E-state index is 0.141. The summed E-state index contributed by atoms with van der Waals surface area (Å²) in [6, 6.07) is 0. The third kappa shape index (κ3) is 19.2. The van der Waals surface area contributed by atoms with Crippen LogP contribution >= 0.6 is 10.2 Å². The number of hydrogen-bond donors (Lipinski definition) is 1. The maximum atomic E-state index is 12.0. The van der Waals surface area contributed by atoms with Crippen LogP contribution in [0.5, 0.6) is 0 Å². The van der Waals surface area contributed by atoms with Crippen molar-refractivity contribution in [1.82, 2.24) is 5.32 Å². The molecule has 0 radical (unpaired) electrons. The summed E-state index contributed by atoms with van der Waals surface area (Å²) in [6.45, 7) is 2.37. The molecule has 1 N–H and O–H groups in total. The summed E-state index contributed by atoms with van der Waals surface area (Å²) < 4.78 is 59.8. The Morgan fingerprint density at radius 3 is 1.70 bits per heavy atom. The Kier molecular flexibility index (Phi) is 8.59. The number of unbranched alkanes of at least 4 members (excludes halogenated alkanes) is 9. The zero-order valence-corrected chi connectivity index (χ0v) is 14.5. The first-order valence-corrected chi connectivity index (χ1v) is 10.2. The summed E-state index contributed by atoms with van der Waals surface area (Å²) in [4.78, 5) is 11.0. The van der Waals surface area contributed by atoms with Crippen LogP contribution in [0.1, 0.15) is 71.1 Å². The summed E-state index contributed by atoms with van der Waals surface area (Å²) in [7, 11) is -9.64. The van der Waals surface area contributed by atoms with Crippen molar-refractivity contribution in [3.63, 3.8) is 0 Å². The maximum Gasteiger partial charge on any atom is 0.304 e. The highest BCUT2D eigenvalue weighted by Gasteiger charge is 2.60. The molecule has 0 spiro atoms. The molecule has 0 atom stereocenters.